The maximum atomic E-state index is 13.5. The van der Waals surface area contributed by atoms with Crippen LogP contribution in [-0.4, -0.2) is 200 Å². The third-order valence-electron chi connectivity index (χ3n) is 13.0. The molecule has 14 atom stereocenters. The number of carboxylic acids is 1. The quantitative estimate of drug-likeness (QED) is 0.0210. The Hall–Kier alpha value is -8.39. The van der Waals surface area contributed by atoms with Gasteiger partial charge in [-0.1, -0.05) is 12.1 Å². The Morgan fingerprint density at radius 3 is 1.84 bits per heavy atom. The molecule has 0 spiro atoms. The molecule has 0 amide bonds. The Labute approximate surface area is 468 Å². The van der Waals surface area contributed by atoms with E-state index in [9.17, 15) is 75.0 Å². The maximum absolute atomic E-state index is 13.5. The van der Waals surface area contributed by atoms with Crippen LogP contribution in [-0.2, 0) is 52.3 Å². The summed E-state index contributed by atoms with van der Waals surface area (Å²) in [5, 5.41) is 117. The van der Waals surface area contributed by atoms with E-state index < -0.39 is 147 Å². The van der Waals surface area contributed by atoms with Gasteiger partial charge in [-0.3, -0.25) is 14.4 Å². The molecule has 0 aromatic heterocycles. The zero-order chi connectivity index (χ0) is 59.8. The van der Waals surface area contributed by atoms with E-state index in [1.54, 1.807) is 0 Å². The van der Waals surface area contributed by atoms with E-state index in [0.717, 1.165) is 24.3 Å². The van der Waals surface area contributed by atoms with Gasteiger partial charge in [-0.05, 0) is 77.9 Å². The van der Waals surface area contributed by atoms with Crippen LogP contribution in [0.3, 0.4) is 0 Å². The van der Waals surface area contributed by atoms with Crippen molar-refractivity contribution in [2.24, 2.45) is 0 Å². The van der Waals surface area contributed by atoms with Gasteiger partial charge < -0.3 is 113 Å². The van der Waals surface area contributed by atoms with E-state index in [1.807, 2.05) is 0 Å². The number of rotatable bonds is 20. The molecular formula is C55H56O28. The van der Waals surface area contributed by atoms with Crippen LogP contribution in [0, 0.1) is 0 Å². The van der Waals surface area contributed by atoms with Crippen LogP contribution in [0.5, 0.6) is 40.2 Å². The average Bonchev–Trinajstić information content (AvgIpc) is 3.60. The number of aliphatic hydroxyl groups excluding tert-OH is 7. The van der Waals surface area contributed by atoms with Crippen molar-refractivity contribution >= 4 is 36.0 Å². The van der Waals surface area contributed by atoms with Crippen LogP contribution in [0.2, 0.25) is 0 Å². The van der Waals surface area contributed by atoms with Crippen molar-refractivity contribution in [1.82, 2.24) is 0 Å². The van der Waals surface area contributed by atoms with Crippen molar-refractivity contribution in [3.63, 3.8) is 0 Å². The fourth-order valence-corrected chi connectivity index (χ4v) is 8.67. The number of fused-ring (bicyclic) bond motifs is 1. The van der Waals surface area contributed by atoms with E-state index in [4.69, 9.17) is 61.6 Å². The zero-order valence-electron chi connectivity index (χ0n) is 43.6. The topological polar surface area (TPSA) is 423 Å². The highest BCUT2D eigenvalue weighted by Gasteiger charge is 2.52. The highest BCUT2D eigenvalue weighted by Crippen LogP contribution is 2.44. The second-order valence-electron chi connectivity index (χ2n) is 18.8. The number of aliphatic hydroxyl groups is 7. The van der Waals surface area contributed by atoms with Crippen LogP contribution in [0.4, 0.5) is 0 Å². The van der Waals surface area contributed by atoms with Crippen LogP contribution in [0.1, 0.15) is 17.5 Å². The molecule has 0 bridgehead atoms. The number of carbonyl (C=O) groups is 4. The van der Waals surface area contributed by atoms with Gasteiger partial charge in [0.2, 0.25) is 18.3 Å². The Kier molecular flexibility index (Phi) is 19.5. The number of aromatic hydroxyl groups is 3. The fraction of sp³-hybridized carbons (Fsp3) is 0.364. The average molecular weight is 1170 g/mol. The van der Waals surface area contributed by atoms with Crippen molar-refractivity contribution in [2.45, 2.75) is 92.4 Å². The maximum Gasteiger partial charge on any atom is 0.331 e. The lowest BCUT2D eigenvalue weighted by atomic mass is 9.98. The Balaban J connectivity index is 1.15. The van der Waals surface area contributed by atoms with Gasteiger partial charge in [0.15, 0.2) is 46.9 Å². The Bertz CT molecular complexity index is 3150. The molecule has 0 saturated carbocycles. The number of ether oxygens (including phenoxy) is 11. The number of benzene rings is 4. The predicted molar refractivity (Wildman–Crippen MR) is 275 cm³/mol. The van der Waals surface area contributed by atoms with Gasteiger partial charge in [0.1, 0.15) is 97.6 Å². The van der Waals surface area contributed by atoms with Gasteiger partial charge in [0, 0.05) is 29.8 Å². The molecule has 4 aliphatic heterocycles. The summed E-state index contributed by atoms with van der Waals surface area (Å²) >= 11 is 0. The van der Waals surface area contributed by atoms with Crippen LogP contribution < -0.4 is 24.4 Å². The molecule has 3 fully saturated rings. The number of phenols is 3. The highest BCUT2D eigenvalue weighted by molar-refractivity contribution is 5.90. The van der Waals surface area contributed by atoms with Gasteiger partial charge in [-0.2, -0.15) is 0 Å². The first-order valence-electron chi connectivity index (χ1n) is 25.0. The molecule has 28 heteroatoms. The molecule has 4 heterocycles. The first kappa shape index (κ1) is 60.7. The molecule has 444 valence electrons. The van der Waals surface area contributed by atoms with Gasteiger partial charge in [0.05, 0.1) is 26.4 Å². The number of hydrogen-bond donors (Lipinski definition) is 11. The molecule has 3 aromatic rings. The number of hydrogen-bond acceptors (Lipinski definition) is 27. The summed E-state index contributed by atoms with van der Waals surface area (Å²) in [6.07, 6.45) is -23.4. The monoisotopic (exact) mass is 1160 g/mol. The molecule has 83 heavy (non-hydrogen) atoms. The number of aliphatic carboxylic acids is 1. The van der Waals surface area contributed by atoms with Crippen molar-refractivity contribution in [3.8, 4) is 62.9 Å². The molecule has 28 nitrogen and oxygen atoms in total. The second kappa shape index (κ2) is 26.7. The van der Waals surface area contributed by atoms with E-state index in [-0.39, 0.29) is 62.7 Å². The number of phenolic OH excluding ortho intramolecular Hbond substituents is 3. The van der Waals surface area contributed by atoms with Gasteiger partial charge in [-0.15, -0.1) is 0 Å². The van der Waals surface area contributed by atoms with E-state index in [1.165, 1.54) is 93.1 Å². The third kappa shape index (κ3) is 14.6. The second-order valence-corrected chi connectivity index (χ2v) is 18.8. The van der Waals surface area contributed by atoms with Crippen molar-refractivity contribution in [2.75, 3.05) is 34.0 Å². The normalized spacial score (nSPS) is 27.2. The van der Waals surface area contributed by atoms with E-state index in [0.29, 0.717) is 5.56 Å². The summed E-state index contributed by atoms with van der Waals surface area (Å²) < 4.78 is 68.6. The van der Waals surface area contributed by atoms with Crippen molar-refractivity contribution in [1.29, 1.82) is 0 Å². The van der Waals surface area contributed by atoms with Crippen molar-refractivity contribution < 1.29 is 132 Å². The predicted octanol–water partition coefficient (Wildman–Crippen LogP) is -0.0795. The molecule has 14 unspecified atom stereocenters. The molecule has 11 N–H and O–H groups in total. The summed E-state index contributed by atoms with van der Waals surface area (Å²) in [6.45, 7) is -2.26. The Morgan fingerprint density at radius 2 is 1.19 bits per heavy atom. The zero-order valence-corrected chi connectivity index (χ0v) is 43.6. The summed E-state index contributed by atoms with van der Waals surface area (Å²) in [7, 11) is 2.56. The molecule has 0 radical (unpaired) electrons. The minimum absolute atomic E-state index is 0.0111. The first-order valence-corrected chi connectivity index (χ1v) is 25.0. The first-order chi connectivity index (χ1) is 39.6. The number of esters is 3. The molecule has 3 saturated heterocycles. The summed E-state index contributed by atoms with van der Waals surface area (Å²) in [6, 6.07) is 16.8. The smallest absolute Gasteiger partial charge is 0.331 e. The van der Waals surface area contributed by atoms with E-state index in [2.05, 4.69) is 0 Å². The van der Waals surface area contributed by atoms with Crippen LogP contribution in [0.15, 0.2) is 100 Å². The van der Waals surface area contributed by atoms with Crippen molar-refractivity contribution in [3.05, 3.63) is 112 Å². The lowest BCUT2D eigenvalue weighted by molar-refractivity contribution is -0.345. The molecular weight excluding hydrogens is 1110 g/mol. The van der Waals surface area contributed by atoms with Crippen LogP contribution in [0.25, 0.3) is 34.8 Å². The number of carbonyl (C=O) groups excluding carboxylic acids is 3. The summed E-state index contributed by atoms with van der Waals surface area (Å²) in [4.78, 5) is 62.8. The lowest BCUT2D eigenvalue weighted by Crippen LogP contribution is -2.64. The van der Waals surface area contributed by atoms with Gasteiger partial charge in [0.25, 0.3) is 0 Å². The minimum atomic E-state index is -2.13. The van der Waals surface area contributed by atoms with E-state index >= 15 is 0 Å². The molecule has 8 rings (SSSR count). The lowest BCUT2D eigenvalue weighted by Gasteiger charge is -2.45. The highest BCUT2D eigenvalue weighted by atomic mass is 16.8. The SMILES string of the molecule is COc1cc(C=CC(=O)OC2C(OC3C(Oc4cc5c(OC6OC(COC(=O)CC(=O)O)C(O)C(O)C6O)cc(=O)cc-5oc4-c4ccc(O)cc4)OC(COC(=O)C=Cc4ccc(O)cc4)C(O)C3O)OCC(O)C2O)cc(OC)c1O. The van der Waals surface area contributed by atoms with Gasteiger partial charge in [-0.25, -0.2) is 9.59 Å². The standard InChI is InChI=1S/C55H56O28/c1-72-34-15-25(16-35(73-2)44(34)66)6-14-41(63)82-51-43(65)31(59)21-76-54(51)83-52-48(70)46(68)38(22-74-40(62)13-5-24-3-9-27(56)10-4-24)81-55(52)79-36-19-30-32(77-50(36)26-7-11-28(57)12-8-26)17-29(58)18-33(30)78-53-49(71)47(69)45(67)37(80-53)23-75-42(64)20-39(60)61/h3-19,31,37-38,43,45-49,51-57,59,65-71H,20-23H2,1-2H3,(H,60,61). The largest absolute Gasteiger partial charge is 0.508 e. The summed E-state index contributed by atoms with van der Waals surface area (Å²) in [5.74, 6) is -6.79. The number of methoxy groups -OCH3 is 2. The fourth-order valence-electron chi connectivity index (χ4n) is 8.67. The third-order valence-corrected chi connectivity index (χ3v) is 13.0. The Morgan fingerprint density at radius 1 is 0.602 bits per heavy atom. The molecule has 3 aromatic carbocycles. The molecule has 1 aliphatic carbocycles. The minimum Gasteiger partial charge on any atom is -0.508 e. The number of carboxylic acid groups (broad SMARTS) is 1. The summed E-state index contributed by atoms with van der Waals surface area (Å²) in [5.41, 5.74) is -0.0362. The van der Waals surface area contributed by atoms with Crippen LogP contribution >= 0.6 is 0 Å². The van der Waals surface area contributed by atoms with Gasteiger partial charge >= 0.3 is 23.9 Å². The molecule has 5 aliphatic rings.